The molecule has 0 aromatic heterocycles. The average Bonchev–Trinajstić information content (AvgIpc) is 3.32. The lowest BCUT2D eigenvalue weighted by Crippen LogP contribution is -2.53. The van der Waals surface area contributed by atoms with Gasteiger partial charge in [-0.3, -0.25) is 13.9 Å². The fraction of sp³-hybridized carbons (Fsp3) is 0.440. The summed E-state index contributed by atoms with van der Waals surface area (Å²) >= 11 is 5.98. The van der Waals surface area contributed by atoms with Gasteiger partial charge in [0.15, 0.2) is 11.6 Å². The first-order valence-corrected chi connectivity index (χ1v) is 14.0. The number of carbonyl (C=O) groups is 2. The molecule has 1 aliphatic rings. The summed E-state index contributed by atoms with van der Waals surface area (Å²) in [6.45, 7) is 1.11. The van der Waals surface area contributed by atoms with Gasteiger partial charge in [0.2, 0.25) is 21.8 Å². The second-order valence-electron chi connectivity index (χ2n) is 8.93. The zero-order valence-electron chi connectivity index (χ0n) is 20.2. The first-order valence-electron chi connectivity index (χ1n) is 11.8. The lowest BCUT2D eigenvalue weighted by Gasteiger charge is -2.33. The summed E-state index contributed by atoms with van der Waals surface area (Å²) in [5, 5.41) is 3.52. The molecule has 0 radical (unpaired) electrons. The van der Waals surface area contributed by atoms with Crippen molar-refractivity contribution in [3.8, 4) is 0 Å². The Labute approximate surface area is 215 Å². The Bertz CT molecular complexity index is 1190. The minimum absolute atomic E-state index is 0.0297. The van der Waals surface area contributed by atoms with Crippen LogP contribution in [-0.2, 0) is 26.2 Å². The number of carbonyl (C=O) groups excluding carboxylic acids is 2. The zero-order valence-corrected chi connectivity index (χ0v) is 21.8. The highest BCUT2D eigenvalue weighted by atomic mass is 35.5. The molecule has 0 bridgehead atoms. The normalized spacial score (nSPS) is 14.9. The van der Waals surface area contributed by atoms with Gasteiger partial charge in [0.05, 0.1) is 11.9 Å². The van der Waals surface area contributed by atoms with Gasteiger partial charge in [-0.2, -0.15) is 0 Å². The smallest absolute Gasteiger partial charge is 0.244 e. The molecular formula is C25H30ClF2N3O4S. The number of amides is 2. The quantitative estimate of drug-likeness (QED) is 0.487. The molecule has 36 heavy (non-hydrogen) atoms. The standard InChI is InChI=1S/C25H30ClF2N3O4S/c1-3-23(25(33)29-19-6-4-5-7-19)30(15-17-8-10-18(26)11-9-17)24(32)16-31(36(2,34)35)20-12-13-21(27)22(28)14-20/h8-14,19,23H,3-7,15-16H2,1-2H3,(H,29,33)/t23-/m0/s1. The van der Waals surface area contributed by atoms with E-state index in [0.717, 1.165) is 50.1 Å². The van der Waals surface area contributed by atoms with E-state index < -0.39 is 40.2 Å². The topological polar surface area (TPSA) is 86.8 Å². The van der Waals surface area contributed by atoms with Crippen LogP contribution in [0.15, 0.2) is 42.5 Å². The van der Waals surface area contributed by atoms with Gasteiger partial charge in [-0.25, -0.2) is 17.2 Å². The molecule has 0 spiro atoms. The number of hydrogen-bond donors (Lipinski definition) is 1. The molecule has 2 amide bonds. The minimum atomic E-state index is -4.05. The molecule has 1 saturated carbocycles. The highest BCUT2D eigenvalue weighted by Crippen LogP contribution is 2.23. The summed E-state index contributed by atoms with van der Waals surface area (Å²) in [6, 6.07) is 8.52. The van der Waals surface area contributed by atoms with E-state index in [1.807, 2.05) is 0 Å². The van der Waals surface area contributed by atoms with Crippen molar-refractivity contribution in [1.29, 1.82) is 0 Å². The number of rotatable bonds is 10. The van der Waals surface area contributed by atoms with Crippen molar-refractivity contribution in [2.24, 2.45) is 0 Å². The molecule has 196 valence electrons. The van der Waals surface area contributed by atoms with Crippen LogP contribution in [0.2, 0.25) is 5.02 Å². The summed E-state index contributed by atoms with van der Waals surface area (Å²) in [6.07, 6.45) is 4.94. The molecule has 1 atom stereocenters. The van der Waals surface area contributed by atoms with Crippen molar-refractivity contribution in [3.05, 3.63) is 64.7 Å². The predicted molar refractivity (Wildman–Crippen MR) is 135 cm³/mol. The third kappa shape index (κ3) is 7.16. The number of anilines is 1. The van der Waals surface area contributed by atoms with E-state index in [1.54, 1.807) is 31.2 Å². The number of nitrogens with zero attached hydrogens (tertiary/aromatic N) is 2. The maximum Gasteiger partial charge on any atom is 0.244 e. The van der Waals surface area contributed by atoms with Gasteiger partial charge in [-0.1, -0.05) is 43.5 Å². The first kappa shape index (κ1) is 27.9. The minimum Gasteiger partial charge on any atom is -0.352 e. The van der Waals surface area contributed by atoms with Crippen LogP contribution < -0.4 is 9.62 Å². The molecule has 0 unspecified atom stereocenters. The molecular weight excluding hydrogens is 512 g/mol. The molecule has 0 saturated heterocycles. The second-order valence-corrected chi connectivity index (χ2v) is 11.3. The molecule has 1 aliphatic carbocycles. The van der Waals surface area contributed by atoms with E-state index in [0.29, 0.717) is 21.3 Å². The fourth-order valence-corrected chi connectivity index (χ4v) is 5.29. The predicted octanol–water partition coefficient (Wildman–Crippen LogP) is 4.25. The Hall–Kier alpha value is -2.72. The van der Waals surface area contributed by atoms with Crippen molar-refractivity contribution in [2.45, 2.75) is 57.7 Å². The van der Waals surface area contributed by atoms with Gasteiger partial charge in [0.25, 0.3) is 0 Å². The van der Waals surface area contributed by atoms with E-state index in [-0.39, 0.29) is 24.2 Å². The Morgan fingerprint density at radius 2 is 1.72 bits per heavy atom. The number of benzene rings is 2. The third-order valence-electron chi connectivity index (χ3n) is 6.22. The maximum absolute atomic E-state index is 13.9. The van der Waals surface area contributed by atoms with Crippen LogP contribution in [-0.4, -0.2) is 50.0 Å². The van der Waals surface area contributed by atoms with Crippen LogP contribution >= 0.6 is 11.6 Å². The number of hydrogen-bond acceptors (Lipinski definition) is 4. The van der Waals surface area contributed by atoms with E-state index >= 15 is 0 Å². The lowest BCUT2D eigenvalue weighted by atomic mass is 10.1. The summed E-state index contributed by atoms with van der Waals surface area (Å²) in [5.74, 6) is -3.36. The molecule has 11 heteroatoms. The van der Waals surface area contributed by atoms with Crippen molar-refractivity contribution in [2.75, 3.05) is 17.1 Å². The van der Waals surface area contributed by atoms with Gasteiger partial charge in [-0.15, -0.1) is 0 Å². The van der Waals surface area contributed by atoms with Crippen LogP contribution in [0.25, 0.3) is 0 Å². The third-order valence-corrected chi connectivity index (χ3v) is 7.62. The Morgan fingerprint density at radius 1 is 1.08 bits per heavy atom. The molecule has 0 aliphatic heterocycles. The summed E-state index contributed by atoms with van der Waals surface area (Å²) < 4.78 is 53.1. The van der Waals surface area contributed by atoms with Gasteiger partial charge in [0.1, 0.15) is 12.6 Å². The summed E-state index contributed by atoms with van der Waals surface area (Å²) in [4.78, 5) is 28.1. The van der Waals surface area contributed by atoms with Crippen molar-refractivity contribution >= 4 is 39.1 Å². The number of halogens is 3. The molecule has 2 aromatic rings. The molecule has 3 rings (SSSR count). The average molecular weight is 542 g/mol. The maximum atomic E-state index is 13.9. The van der Waals surface area contributed by atoms with Crippen molar-refractivity contribution in [1.82, 2.24) is 10.2 Å². The Balaban J connectivity index is 1.92. The molecule has 2 aromatic carbocycles. The lowest BCUT2D eigenvalue weighted by molar-refractivity contribution is -0.140. The number of sulfonamides is 1. The summed E-state index contributed by atoms with van der Waals surface area (Å²) in [7, 11) is -4.05. The van der Waals surface area contributed by atoms with E-state index in [9.17, 15) is 26.8 Å². The Kier molecular flexibility index (Phi) is 9.30. The molecule has 1 fully saturated rings. The number of nitrogens with one attached hydrogen (secondary N) is 1. The van der Waals surface area contributed by atoms with E-state index in [1.165, 1.54) is 4.90 Å². The van der Waals surface area contributed by atoms with E-state index in [4.69, 9.17) is 11.6 Å². The second kappa shape index (κ2) is 12.0. The molecule has 7 nitrogen and oxygen atoms in total. The largest absolute Gasteiger partial charge is 0.352 e. The first-order chi connectivity index (χ1) is 17.0. The van der Waals surface area contributed by atoms with Crippen molar-refractivity contribution in [3.63, 3.8) is 0 Å². The zero-order chi connectivity index (χ0) is 26.5. The van der Waals surface area contributed by atoms with Crippen LogP contribution in [0.1, 0.15) is 44.6 Å². The van der Waals surface area contributed by atoms with Gasteiger partial charge < -0.3 is 10.2 Å². The molecule has 0 heterocycles. The van der Waals surface area contributed by atoms with E-state index in [2.05, 4.69) is 5.32 Å². The van der Waals surface area contributed by atoms with Crippen LogP contribution in [0.4, 0.5) is 14.5 Å². The molecule has 1 N–H and O–H groups in total. The van der Waals surface area contributed by atoms with Crippen LogP contribution in [0.3, 0.4) is 0 Å². The van der Waals surface area contributed by atoms with Gasteiger partial charge in [0, 0.05) is 23.7 Å². The van der Waals surface area contributed by atoms with Crippen molar-refractivity contribution < 1.29 is 26.8 Å². The van der Waals surface area contributed by atoms with Crippen LogP contribution in [0.5, 0.6) is 0 Å². The highest BCUT2D eigenvalue weighted by Gasteiger charge is 2.33. The SMILES string of the molecule is CC[C@@H](C(=O)NC1CCCC1)N(Cc1ccc(Cl)cc1)C(=O)CN(c1ccc(F)c(F)c1)S(C)(=O)=O. The Morgan fingerprint density at radius 3 is 2.28 bits per heavy atom. The monoisotopic (exact) mass is 541 g/mol. The highest BCUT2D eigenvalue weighted by molar-refractivity contribution is 7.92. The fourth-order valence-electron chi connectivity index (χ4n) is 4.33. The van der Waals surface area contributed by atoms with Gasteiger partial charge in [-0.05, 0) is 49.1 Å². The summed E-state index contributed by atoms with van der Waals surface area (Å²) in [5.41, 5.74) is 0.498. The van der Waals surface area contributed by atoms with Crippen LogP contribution in [0, 0.1) is 11.6 Å². The van der Waals surface area contributed by atoms with Gasteiger partial charge >= 0.3 is 0 Å².